The number of esters is 1. The Kier molecular flexibility index (Phi) is 4.87. The van der Waals surface area contributed by atoms with Gasteiger partial charge in [0.1, 0.15) is 12.4 Å². The van der Waals surface area contributed by atoms with Crippen molar-refractivity contribution in [1.82, 2.24) is 4.40 Å². The number of benzene rings is 2. The summed E-state index contributed by atoms with van der Waals surface area (Å²) in [6, 6.07) is 17.4. The summed E-state index contributed by atoms with van der Waals surface area (Å²) in [4.78, 5) is 23.0. The summed E-state index contributed by atoms with van der Waals surface area (Å²) >= 11 is 0. The number of nitro benzene ring substituents is 1. The molecule has 7 heteroatoms. The highest BCUT2D eigenvalue weighted by Crippen LogP contribution is 2.30. The Morgan fingerprint density at radius 1 is 1.07 bits per heavy atom. The smallest absolute Gasteiger partial charge is 0.340 e. The van der Waals surface area contributed by atoms with Crippen LogP contribution in [0.5, 0.6) is 5.75 Å². The second-order valence-electron chi connectivity index (χ2n) is 6.45. The van der Waals surface area contributed by atoms with Crippen LogP contribution in [0.2, 0.25) is 0 Å². The number of hydrogen-bond donors (Lipinski definition) is 0. The summed E-state index contributed by atoms with van der Waals surface area (Å²) < 4.78 is 13.0. The summed E-state index contributed by atoms with van der Waals surface area (Å²) in [7, 11) is 0. The Morgan fingerprint density at radius 2 is 1.93 bits per heavy atom. The van der Waals surface area contributed by atoms with E-state index in [0.717, 1.165) is 16.4 Å². The summed E-state index contributed by atoms with van der Waals surface area (Å²) in [5.41, 5.74) is 2.83. The minimum absolute atomic E-state index is 0.0261. The second-order valence-corrected chi connectivity index (χ2v) is 6.45. The van der Waals surface area contributed by atoms with Gasteiger partial charge < -0.3 is 13.9 Å². The van der Waals surface area contributed by atoms with E-state index in [0.29, 0.717) is 23.5 Å². The van der Waals surface area contributed by atoms with Gasteiger partial charge in [-0.2, -0.15) is 0 Å². The number of carbonyl (C=O) groups excluding carboxylic acids is 1. The topological polar surface area (TPSA) is 83.1 Å². The normalized spacial score (nSPS) is 10.9. The minimum atomic E-state index is -0.431. The largest absolute Gasteiger partial charge is 0.489 e. The van der Waals surface area contributed by atoms with Gasteiger partial charge >= 0.3 is 5.97 Å². The quantitative estimate of drug-likeness (QED) is 0.269. The number of carbonyl (C=O) groups is 1. The molecule has 0 radical (unpaired) electrons. The molecule has 2 aromatic heterocycles. The van der Waals surface area contributed by atoms with E-state index in [4.69, 9.17) is 9.47 Å². The fraction of sp³-hybridized carbons (Fsp3) is 0.136. The third-order valence-corrected chi connectivity index (χ3v) is 4.62. The van der Waals surface area contributed by atoms with E-state index in [1.165, 1.54) is 12.1 Å². The van der Waals surface area contributed by atoms with Crippen molar-refractivity contribution >= 4 is 28.1 Å². The van der Waals surface area contributed by atoms with E-state index < -0.39 is 4.92 Å². The number of pyridine rings is 1. The van der Waals surface area contributed by atoms with E-state index >= 15 is 0 Å². The van der Waals surface area contributed by atoms with Crippen LogP contribution < -0.4 is 4.74 Å². The Labute approximate surface area is 166 Å². The zero-order valence-corrected chi connectivity index (χ0v) is 15.7. The molecule has 0 saturated carbocycles. The lowest BCUT2D eigenvalue weighted by molar-refractivity contribution is -0.384. The highest BCUT2D eigenvalue weighted by Gasteiger charge is 2.19. The second kappa shape index (κ2) is 7.63. The van der Waals surface area contributed by atoms with E-state index in [9.17, 15) is 14.9 Å². The summed E-state index contributed by atoms with van der Waals surface area (Å²) in [5, 5.41) is 11.7. The molecule has 2 aromatic carbocycles. The molecule has 0 spiro atoms. The van der Waals surface area contributed by atoms with Crippen molar-refractivity contribution in [3.05, 3.63) is 88.1 Å². The van der Waals surface area contributed by atoms with Gasteiger partial charge in [-0.25, -0.2) is 4.79 Å². The molecule has 2 heterocycles. The summed E-state index contributed by atoms with van der Waals surface area (Å²) in [6.45, 7) is 2.27. The van der Waals surface area contributed by atoms with Crippen LogP contribution in [0.1, 0.15) is 22.8 Å². The monoisotopic (exact) mass is 390 g/mol. The SMILES string of the molecule is CCOC(=O)c1c2ccc(OCc3cccc([N+](=O)[O-])c3)cc2n2ccccc12. The van der Waals surface area contributed by atoms with Crippen LogP contribution in [0.3, 0.4) is 0 Å². The molecule has 29 heavy (non-hydrogen) atoms. The van der Waals surface area contributed by atoms with Crippen molar-refractivity contribution in [2.45, 2.75) is 13.5 Å². The van der Waals surface area contributed by atoms with Crippen LogP contribution in [-0.4, -0.2) is 21.9 Å². The first-order valence-corrected chi connectivity index (χ1v) is 9.14. The molecule has 4 rings (SSSR count). The first-order chi connectivity index (χ1) is 14.1. The third-order valence-electron chi connectivity index (χ3n) is 4.62. The summed E-state index contributed by atoms with van der Waals surface area (Å²) in [6.07, 6.45) is 1.88. The van der Waals surface area contributed by atoms with E-state index in [1.54, 1.807) is 25.1 Å². The average molecular weight is 390 g/mol. The Morgan fingerprint density at radius 3 is 2.72 bits per heavy atom. The van der Waals surface area contributed by atoms with Crippen molar-refractivity contribution in [1.29, 1.82) is 0 Å². The zero-order chi connectivity index (χ0) is 20.4. The number of ether oxygens (including phenoxy) is 2. The number of nitrogens with zero attached hydrogens (tertiary/aromatic N) is 2. The first kappa shape index (κ1) is 18.5. The van der Waals surface area contributed by atoms with Crippen LogP contribution >= 0.6 is 0 Å². The maximum Gasteiger partial charge on any atom is 0.340 e. The van der Waals surface area contributed by atoms with Crippen molar-refractivity contribution in [2.24, 2.45) is 0 Å². The third kappa shape index (κ3) is 3.50. The maximum atomic E-state index is 12.5. The van der Waals surface area contributed by atoms with Crippen LogP contribution in [0.25, 0.3) is 16.4 Å². The molecule has 0 N–H and O–H groups in total. The number of hydrogen-bond acceptors (Lipinski definition) is 5. The van der Waals surface area contributed by atoms with Crippen LogP contribution in [0, 0.1) is 10.1 Å². The molecular weight excluding hydrogens is 372 g/mol. The predicted molar refractivity (Wildman–Crippen MR) is 108 cm³/mol. The molecule has 7 nitrogen and oxygen atoms in total. The number of rotatable bonds is 6. The fourth-order valence-electron chi connectivity index (χ4n) is 3.35. The highest BCUT2D eigenvalue weighted by atomic mass is 16.6. The average Bonchev–Trinajstić information content (AvgIpc) is 3.06. The Hall–Kier alpha value is -3.87. The van der Waals surface area contributed by atoms with Crippen LogP contribution in [-0.2, 0) is 11.3 Å². The molecule has 0 atom stereocenters. The molecule has 4 aromatic rings. The maximum absolute atomic E-state index is 12.5. The minimum Gasteiger partial charge on any atom is -0.489 e. The van der Waals surface area contributed by atoms with Gasteiger partial charge in [0.25, 0.3) is 5.69 Å². The first-order valence-electron chi connectivity index (χ1n) is 9.14. The van der Waals surface area contributed by atoms with Gasteiger partial charge in [0.05, 0.1) is 28.1 Å². The van der Waals surface area contributed by atoms with Crippen molar-refractivity contribution in [3.63, 3.8) is 0 Å². The number of non-ortho nitro benzene ring substituents is 1. The highest BCUT2D eigenvalue weighted by molar-refractivity contribution is 6.11. The van der Waals surface area contributed by atoms with Gasteiger partial charge in [0, 0.05) is 29.8 Å². The molecule has 146 valence electrons. The molecule has 0 unspecified atom stereocenters. The molecule has 0 aliphatic rings. The number of nitro groups is 1. The molecule has 0 aliphatic carbocycles. The lowest BCUT2D eigenvalue weighted by Gasteiger charge is -2.07. The lowest BCUT2D eigenvalue weighted by Crippen LogP contribution is -2.04. The lowest BCUT2D eigenvalue weighted by atomic mass is 10.1. The molecule has 0 fully saturated rings. The number of aromatic nitrogens is 1. The Balaban J connectivity index is 1.69. The van der Waals surface area contributed by atoms with Crippen molar-refractivity contribution in [3.8, 4) is 5.75 Å². The van der Waals surface area contributed by atoms with E-state index in [1.807, 2.05) is 40.9 Å². The predicted octanol–water partition coefficient (Wildman–Crippen LogP) is 4.76. The molecular formula is C22H18N2O5. The van der Waals surface area contributed by atoms with E-state index in [2.05, 4.69) is 0 Å². The van der Waals surface area contributed by atoms with Crippen LogP contribution in [0.4, 0.5) is 5.69 Å². The van der Waals surface area contributed by atoms with Gasteiger partial charge in [-0.05, 0) is 36.8 Å². The van der Waals surface area contributed by atoms with Gasteiger partial charge in [-0.15, -0.1) is 0 Å². The van der Waals surface area contributed by atoms with Crippen LogP contribution in [0.15, 0.2) is 66.9 Å². The molecule has 0 amide bonds. The number of fused-ring (bicyclic) bond motifs is 3. The standard InChI is InChI=1S/C22H18N2O5/c1-2-28-22(25)21-18-10-9-17(13-20(18)23-11-4-3-8-19(21)23)29-14-15-6-5-7-16(12-15)24(26)27/h3-13H,2,14H2,1H3. The van der Waals surface area contributed by atoms with Gasteiger partial charge in [-0.1, -0.05) is 18.2 Å². The van der Waals surface area contributed by atoms with Gasteiger partial charge in [-0.3, -0.25) is 10.1 Å². The van der Waals surface area contributed by atoms with E-state index in [-0.39, 0.29) is 18.3 Å². The zero-order valence-electron chi connectivity index (χ0n) is 15.7. The Bertz CT molecular complexity index is 1230. The van der Waals surface area contributed by atoms with Gasteiger partial charge in [0.2, 0.25) is 0 Å². The fourth-order valence-corrected chi connectivity index (χ4v) is 3.35. The summed E-state index contributed by atoms with van der Waals surface area (Å²) in [5.74, 6) is 0.235. The molecule has 0 aliphatic heterocycles. The van der Waals surface area contributed by atoms with Crippen molar-refractivity contribution in [2.75, 3.05) is 6.61 Å². The molecule has 0 bridgehead atoms. The van der Waals surface area contributed by atoms with Gasteiger partial charge in [0.15, 0.2) is 0 Å². The van der Waals surface area contributed by atoms with Crippen molar-refractivity contribution < 1.29 is 19.2 Å². The molecule has 0 saturated heterocycles.